The number of aliphatic hydroxyl groups excluding tert-OH is 1. The van der Waals surface area contributed by atoms with E-state index in [9.17, 15) is 19.4 Å². The lowest BCUT2D eigenvalue weighted by Gasteiger charge is -2.29. The number of carbonyl (C=O) groups excluding carboxylic acids is 1. The smallest absolute Gasteiger partial charge is 0.268 e. The van der Waals surface area contributed by atoms with Crippen LogP contribution in [0.15, 0.2) is 60.8 Å². The van der Waals surface area contributed by atoms with Crippen LogP contribution >= 0.6 is 7.82 Å². The first-order valence-corrected chi connectivity index (χ1v) is 28.1. The topological polar surface area (TPSA) is 108 Å². The van der Waals surface area contributed by atoms with E-state index >= 15 is 0 Å². The summed E-state index contributed by atoms with van der Waals surface area (Å²) in [6.45, 7) is 4.62. The number of unbranched alkanes of at least 4 members (excludes halogenated alkanes) is 27. The SMILES string of the molecule is CCCCCCC/C=C\C/C=C\C/C=C\CCCCCCCCCCCCC(=O)NC(COP(=O)([O-])OCC[N+](C)(C)C)C(O)/C=C/CC/C=C/CCCCCCCCCCCCC. The van der Waals surface area contributed by atoms with Crippen molar-refractivity contribution >= 4 is 13.7 Å². The Morgan fingerprint density at radius 1 is 0.547 bits per heavy atom. The van der Waals surface area contributed by atoms with E-state index in [1.54, 1.807) is 6.08 Å². The monoisotopic (exact) mass is 919 g/mol. The predicted octanol–water partition coefficient (Wildman–Crippen LogP) is 15.1. The van der Waals surface area contributed by atoms with E-state index in [0.717, 1.165) is 51.4 Å². The highest BCUT2D eigenvalue weighted by Crippen LogP contribution is 2.38. The maximum absolute atomic E-state index is 12.9. The summed E-state index contributed by atoms with van der Waals surface area (Å²) in [5.74, 6) is -0.212. The van der Waals surface area contributed by atoms with E-state index in [0.29, 0.717) is 17.4 Å². The van der Waals surface area contributed by atoms with Crippen molar-refractivity contribution in [1.29, 1.82) is 0 Å². The van der Waals surface area contributed by atoms with Crippen molar-refractivity contribution in [2.75, 3.05) is 40.9 Å². The van der Waals surface area contributed by atoms with Gasteiger partial charge in [-0.15, -0.1) is 0 Å². The molecule has 9 heteroatoms. The number of likely N-dealkylation sites (N-methyl/N-ethyl adjacent to an activating group) is 1. The van der Waals surface area contributed by atoms with Gasteiger partial charge >= 0.3 is 0 Å². The molecule has 374 valence electrons. The Bertz CT molecular complexity index is 1230. The molecule has 0 radical (unpaired) electrons. The summed E-state index contributed by atoms with van der Waals surface area (Å²) in [7, 11) is 1.24. The van der Waals surface area contributed by atoms with Crippen molar-refractivity contribution in [1.82, 2.24) is 5.32 Å². The van der Waals surface area contributed by atoms with Gasteiger partial charge in [0.1, 0.15) is 13.2 Å². The zero-order chi connectivity index (χ0) is 47.1. The molecule has 0 spiro atoms. The third-order valence-corrected chi connectivity index (χ3v) is 12.7. The number of rotatable bonds is 48. The summed E-state index contributed by atoms with van der Waals surface area (Å²) >= 11 is 0. The Kier molecular flexibility index (Phi) is 45.0. The summed E-state index contributed by atoms with van der Waals surface area (Å²) in [6.07, 6.45) is 61.4. The highest BCUT2D eigenvalue weighted by molar-refractivity contribution is 7.45. The van der Waals surface area contributed by atoms with E-state index < -0.39 is 26.6 Å². The van der Waals surface area contributed by atoms with Crippen molar-refractivity contribution in [2.45, 2.75) is 244 Å². The number of hydrogen-bond acceptors (Lipinski definition) is 6. The molecule has 0 aliphatic carbocycles. The first-order valence-electron chi connectivity index (χ1n) is 26.7. The molecule has 0 aliphatic heterocycles. The van der Waals surface area contributed by atoms with E-state index in [1.165, 1.54) is 161 Å². The van der Waals surface area contributed by atoms with Gasteiger partial charge < -0.3 is 28.8 Å². The van der Waals surface area contributed by atoms with Crippen LogP contribution in [0.3, 0.4) is 0 Å². The van der Waals surface area contributed by atoms with Crippen LogP contribution < -0.4 is 10.2 Å². The number of phosphoric ester groups is 1. The zero-order valence-electron chi connectivity index (χ0n) is 42.5. The third-order valence-electron chi connectivity index (χ3n) is 11.7. The van der Waals surface area contributed by atoms with Crippen molar-refractivity contribution < 1.29 is 32.9 Å². The lowest BCUT2D eigenvalue weighted by Crippen LogP contribution is -2.45. The fourth-order valence-corrected chi connectivity index (χ4v) is 8.19. The first kappa shape index (κ1) is 62.2. The Balaban J connectivity index is 4.31. The number of aliphatic hydroxyl groups is 1. The molecule has 0 rings (SSSR count). The predicted molar refractivity (Wildman–Crippen MR) is 274 cm³/mol. The molecule has 0 aliphatic rings. The molecular weight excluding hydrogens is 816 g/mol. The van der Waals surface area contributed by atoms with E-state index in [1.807, 2.05) is 27.2 Å². The highest BCUT2D eigenvalue weighted by atomic mass is 31.2. The largest absolute Gasteiger partial charge is 0.756 e. The van der Waals surface area contributed by atoms with Gasteiger partial charge in [0.05, 0.1) is 39.9 Å². The highest BCUT2D eigenvalue weighted by Gasteiger charge is 2.23. The normalized spacial score (nSPS) is 14.5. The molecule has 0 aromatic rings. The quantitative estimate of drug-likeness (QED) is 0.0272. The molecule has 64 heavy (non-hydrogen) atoms. The molecule has 1 amide bonds. The van der Waals surface area contributed by atoms with Crippen LogP contribution in [0.1, 0.15) is 232 Å². The number of nitrogens with one attached hydrogen (secondary N) is 1. The van der Waals surface area contributed by atoms with Gasteiger partial charge in [-0.3, -0.25) is 9.36 Å². The van der Waals surface area contributed by atoms with Crippen molar-refractivity contribution in [3.8, 4) is 0 Å². The lowest BCUT2D eigenvalue weighted by molar-refractivity contribution is -0.870. The second-order valence-electron chi connectivity index (χ2n) is 19.2. The molecule has 0 fully saturated rings. The van der Waals surface area contributed by atoms with Gasteiger partial charge in [-0.25, -0.2) is 0 Å². The van der Waals surface area contributed by atoms with Crippen LogP contribution in [0.25, 0.3) is 0 Å². The average molecular weight is 919 g/mol. The number of carbonyl (C=O) groups is 1. The van der Waals surface area contributed by atoms with Gasteiger partial charge in [0, 0.05) is 6.42 Å². The van der Waals surface area contributed by atoms with Crippen LogP contribution in [0.4, 0.5) is 0 Å². The summed E-state index contributed by atoms with van der Waals surface area (Å²) in [5, 5.41) is 13.8. The minimum absolute atomic E-state index is 0.00901. The fraction of sp³-hybridized carbons (Fsp3) is 0.800. The number of amides is 1. The molecule has 0 aromatic heterocycles. The van der Waals surface area contributed by atoms with Crippen LogP contribution in [0.5, 0.6) is 0 Å². The molecule has 3 atom stereocenters. The molecule has 0 aromatic carbocycles. The molecule has 0 saturated heterocycles. The van der Waals surface area contributed by atoms with Crippen LogP contribution in [-0.4, -0.2) is 68.5 Å². The Hall–Kier alpha value is -1.80. The Morgan fingerprint density at radius 3 is 1.38 bits per heavy atom. The molecule has 0 heterocycles. The molecule has 8 nitrogen and oxygen atoms in total. The number of nitrogens with zero attached hydrogens (tertiary/aromatic N) is 1. The average Bonchev–Trinajstić information content (AvgIpc) is 3.25. The minimum Gasteiger partial charge on any atom is -0.756 e. The van der Waals surface area contributed by atoms with Crippen molar-refractivity contribution in [3.63, 3.8) is 0 Å². The minimum atomic E-state index is -4.60. The van der Waals surface area contributed by atoms with Crippen LogP contribution in [0.2, 0.25) is 0 Å². The summed E-state index contributed by atoms with van der Waals surface area (Å²) in [6, 6.07) is -0.908. The molecule has 0 saturated carbocycles. The number of quaternary nitrogens is 1. The molecule has 0 bridgehead atoms. The third kappa shape index (κ3) is 48.1. The maximum Gasteiger partial charge on any atom is 0.268 e. The summed E-state index contributed by atoms with van der Waals surface area (Å²) in [4.78, 5) is 25.4. The van der Waals surface area contributed by atoms with Gasteiger partial charge in [-0.1, -0.05) is 216 Å². The lowest BCUT2D eigenvalue weighted by atomic mass is 10.0. The van der Waals surface area contributed by atoms with Gasteiger partial charge in [0.25, 0.3) is 7.82 Å². The number of hydrogen-bond donors (Lipinski definition) is 2. The number of phosphoric acid groups is 1. The second-order valence-corrected chi connectivity index (χ2v) is 20.6. The molecular formula is C55H103N2O6P. The Labute approximate surface area is 396 Å². The van der Waals surface area contributed by atoms with Gasteiger partial charge in [0.15, 0.2) is 0 Å². The van der Waals surface area contributed by atoms with Gasteiger partial charge in [-0.2, -0.15) is 0 Å². The first-order chi connectivity index (χ1) is 31.0. The zero-order valence-corrected chi connectivity index (χ0v) is 43.4. The fourth-order valence-electron chi connectivity index (χ4n) is 7.47. The van der Waals surface area contributed by atoms with E-state index in [4.69, 9.17) is 9.05 Å². The van der Waals surface area contributed by atoms with Crippen LogP contribution in [0, 0.1) is 0 Å². The molecule has 3 unspecified atom stereocenters. The Morgan fingerprint density at radius 2 is 0.922 bits per heavy atom. The maximum atomic E-state index is 12.9. The number of allylic oxidation sites excluding steroid dienone is 9. The van der Waals surface area contributed by atoms with Crippen LogP contribution in [-0.2, 0) is 18.4 Å². The summed E-state index contributed by atoms with van der Waals surface area (Å²) < 4.78 is 23.3. The molecule has 2 N–H and O–H groups in total. The second kappa shape index (κ2) is 46.3. The summed E-state index contributed by atoms with van der Waals surface area (Å²) in [5.41, 5.74) is 0. The van der Waals surface area contributed by atoms with Crippen molar-refractivity contribution in [3.05, 3.63) is 60.8 Å². The van der Waals surface area contributed by atoms with Gasteiger partial charge in [-0.05, 0) is 70.6 Å². The standard InChI is InChI=1S/C55H103N2O6P/c1-6-8-10-12-14-16-18-20-22-24-25-26-27-28-29-30-31-33-35-37-39-41-43-45-47-49-55(59)56-53(52-63-64(60,61)62-51-50-57(3,4)5)54(58)48-46-44-42-40-38-36-34-32-23-21-19-17-15-13-11-9-7-2/h18,20,24-25,27-28,38,40,46,48,53-54,58H,6-17,19,21-23,26,29-37,39,41-45,47,49-52H2,1-5H3,(H-,56,59,60,61)/b20-18-,25-24-,28-27-,40-38+,48-46+. The van der Waals surface area contributed by atoms with Crippen molar-refractivity contribution in [2.24, 2.45) is 0 Å². The van der Waals surface area contributed by atoms with E-state index in [-0.39, 0.29) is 12.5 Å². The van der Waals surface area contributed by atoms with E-state index in [2.05, 4.69) is 67.8 Å². The van der Waals surface area contributed by atoms with Gasteiger partial charge in [0.2, 0.25) is 5.91 Å².